The van der Waals surface area contributed by atoms with Crippen LogP contribution in [0.25, 0.3) is 0 Å². The molecule has 0 aromatic heterocycles. The SMILES string of the molecule is CC[C@@H](C)NC(=O)[C@@H](CC)N(Cc1cccc(C)c1)C(=O)CN(c1ccc(Cl)c(Cl)c1)S(C)(=O)=O. The van der Waals surface area contributed by atoms with Gasteiger partial charge in [0.05, 0.1) is 22.0 Å². The second-order valence-corrected chi connectivity index (χ2v) is 11.3. The van der Waals surface area contributed by atoms with Gasteiger partial charge in [0.25, 0.3) is 0 Å². The zero-order chi connectivity index (χ0) is 26.3. The van der Waals surface area contributed by atoms with Crippen molar-refractivity contribution in [1.82, 2.24) is 10.2 Å². The number of hydrogen-bond acceptors (Lipinski definition) is 4. The molecule has 2 rings (SSSR count). The molecule has 0 aliphatic carbocycles. The Morgan fingerprint density at radius 2 is 1.71 bits per heavy atom. The fourth-order valence-corrected chi connectivity index (χ4v) is 4.76. The average molecular weight is 543 g/mol. The van der Waals surface area contributed by atoms with Gasteiger partial charge in [0.15, 0.2) is 0 Å². The van der Waals surface area contributed by atoms with E-state index in [-0.39, 0.29) is 34.2 Å². The van der Waals surface area contributed by atoms with E-state index in [2.05, 4.69) is 5.32 Å². The van der Waals surface area contributed by atoms with E-state index in [9.17, 15) is 18.0 Å². The molecular weight excluding hydrogens is 509 g/mol. The van der Waals surface area contributed by atoms with Crippen molar-refractivity contribution < 1.29 is 18.0 Å². The number of anilines is 1. The number of nitrogens with one attached hydrogen (secondary N) is 1. The number of rotatable bonds is 11. The van der Waals surface area contributed by atoms with Crippen molar-refractivity contribution in [2.45, 2.75) is 59.2 Å². The van der Waals surface area contributed by atoms with Gasteiger partial charge in [-0.1, -0.05) is 66.9 Å². The van der Waals surface area contributed by atoms with Crippen LogP contribution in [-0.4, -0.2) is 50.0 Å². The molecule has 7 nitrogen and oxygen atoms in total. The summed E-state index contributed by atoms with van der Waals surface area (Å²) in [5.74, 6) is -0.780. The third kappa shape index (κ3) is 8.12. The lowest BCUT2D eigenvalue weighted by atomic mass is 10.1. The van der Waals surface area contributed by atoms with Gasteiger partial charge in [-0.05, 0) is 50.5 Å². The highest BCUT2D eigenvalue weighted by molar-refractivity contribution is 7.92. The number of hydrogen-bond donors (Lipinski definition) is 1. The molecule has 0 aliphatic heterocycles. The molecule has 0 fully saturated rings. The van der Waals surface area contributed by atoms with Crippen LogP contribution in [-0.2, 0) is 26.2 Å². The Labute approximate surface area is 218 Å². The minimum absolute atomic E-state index is 0.0591. The highest BCUT2D eigenvalue weighted by atomic mass is 35.5. The summed E-state index contributed by atoms with van der Waals surface area (Å²) < 4.78 is 26.3. The molecule has 0 heterocycles. The Hall–Kier alpha value is -2.29. The van der Waals surface area contributed by atoms with E-state index in [0.29, 0.717) is 6.42 Å². The van der Waals surface area contributed by atoms with Crippen LogP contribution < -0.4 is 9.62 Å². The molecule has 0 spiro atoms. The van der Waals surface area contributed by atoms with Gasteiger partial charge < -0.3 is 10.2 Å². The third-order valence-electron chi connectivity index (χ3n) is 5.69. The first kappa shape index (κ1) is 28.9. The Balaban J connectivity index is 2.46. The maximum Gasteiger partial charge on any atom is 0.244 e. The van der Waals surface area contributed by atoms with Crippen molar-refractivity contribution >= 4 is 50.7 Å². The molecule has 1 N–H and O–H groups in total. The number of amides is 2. The zero-order valence-electron chi connectivity index (χ0n) is 20.7. The molecule has 2 aromatic rings. The van der Waals surface area contributed by atoms with Crippen molar-refractivity contribution in [2.75, 3.05) is 17.1 Å². The Bertz CT molecular complexity index is 1160. The molecule has 35 heavy (non-hydrogen) atoms. The minimum Gasteiger partial charge on any atom is -0.352 e. The molecule has 0 saturated carbocycles. The summed E-state index contributed by atoms with van der Waals surface area (Å²) in [5.41, 5.74) is 2.07. The molecule has 10 heteroatoms. The maximum absolute atomic E-state index is 13.7. The predicted molar refractivity (Wildman–Crippen MR) is 142 cm³/mol. The van der Waals surface area contributed by atoms with Crippen molar-refractivity contribution in [3.63, 3.8) is 0 Å². The Morgan fingerprint density at radius 1 is 1.03 bits per heavy atom. The zero-order valence-corrected chi connectivity index (χ0v) is 23.0. The topological polar surface area (TPSA) is 86.8 Å². The quantitative estimate of drug-likeness (QED) is 0.443. The summed E-state index contributed by atoms with van der Waals surface area (Å²) in [4.78, 5) is 28.2. The second kappa shape index (κ2) is 12.6. The lowest BCUT2D eigenvalue weighted by molar-refractivity contribution is -0.140. The number of benzene rings is 2. The van der Waals surface area contributed by atoms with Crippen LogP contribution in [0.5, 0.6) is 0 Å². The van der Waals surface area contributed by atoms with Crippen LogP contribution in [0.1, 0.15) is 44.7 Å². The van der Waals surface area contributed by atoms with Crippen LogP contribution in [0, 0.1) is 6.92 Å². The van der Waals surface area contributed by atoms with Crippen molar-refractivity contribution in [3.05, 3.63) is 63.6 Å². The summed E-state index contributed by atoms with van der Waals surface area (Å²) in [6, 6.07) is 11.2. The summed E-state index contributed by atoms with van der Waals surface area (Å²) in [6.45, 7) is 7.29. The number of carbonyl (C=O) groups excluding carboxylic acids is 2. The second-order valence-electron chi connectivity index (χ2n) is 8.62. The van der Waals surface area contributed by atoms with E-state index < -0.39 is 28.5 Å². The van der Waals surface area contributed by atoms with Crippen LogP contribution >= 0.6 is 23.2 Å². The van der Waals surface area contributed by atoms with Crippen LogP contribution in [0.2, 0.25) is 10.0 Å². The summed E-state index contributed by atoms with van der Waals surface area (Å²) in [5, 5.41) is 3.38. The third-order valence-corrected chi connectivity index (χ3v) is 7.57. The van der Waals surface area contributed by atoms with Gasteiger partial charge in [-0.15, -0.1) is 0 Å². The molecule has 2 amide bonds. The van der Waals surface area contributed by atoms with Gasteiger partial charge in [-0.3, -0.25) is 13.9 Å². The van der Waals surface area contributed by atoms with Crippen molar-refractivity contribution in [2.24, 2.45) is 0 Å². The van der Waals surface area contributed by atoms with Crippen LogP contribution in [0.4, 0.5) is 5.69 Å². The van der Waals surface area contributed by atoms with E-state index >= 15 is 0 Å². The number of halogens is 2. The van der Waals surface area contributed by atoms with Gasteiger partial charge in [0.2, 0.25) is 21.8 Å². The molecule has 0 unspecified atom stereocenters. The summed E-state index contributed by atoms with van der Waals surface area (Å²) in [7, 11) is -3.85. The van der Waals surface area contributed by atoms with Crippen LogP contribution in [0.15, 0.2) is 42.5 Å². The van der Waals surface area contributed by atoms with E-state index in [0.717, 1.165) is 28.1 Å². The largest absolute Gasteiger partial charge is 0.352 e. The van der Waals surface area contributed by atoms with Gasteiger partial charge in [0.1, 0.15) is 12.6 Å². The van der Waals surface area contributed by atoms with Gasteiger partial charge >= 0.3 is 0 Å². The first-order chi connectivity index (χ1) is 16.4. The molecule has 192 valence electrons. The lowest BCUT2D eigenvalue weighted by Crippen LogP contribution is -2.53. The van der Waals surface area contributed by atoms with Crippen LogP contribution in [0.3, 0.4) is 0 Å². The van der Waals surface area contributed by atoms with Gasteiger partial charge in [0, 0.05) is 12.6 Å². The average Bonchev–Trinajstić information content (AvgIpc) is 2.78. The van der Waals surface area contributed by atoms with E-state index in [4.69, 9.17) is 23.2 Å². The first-order valence-corrected chi connectivity index (χ1v) is 14.1. The molecular formula is C25H33Cl2N3O4S. The smallest absolute Gasteiger partial charge is 0.244 e. The fraction of sp³-hybridized carbons (Fsp3) is 0.440. The molecule has 0 radical (unpaired) electrons. The molecule has 0 bridgehead atoms. The van der Waals surface area contributed by atoms with Gasteiger partial charge in [-0.2, -0.15) is 0 Å². The number of nitrogens with zero attached hydrogens (tertiary/aromatic N) is 2. The normalized spacial score (nSPS) is 13.1. The Kier molecular flexibility index (Phi) is 10.4. The standard InChI is InChI=1S/C25H33Cl2N3O4S/c1-6-18(4)28-25(32)23(7-2)29(15-19-10-8-9-17(3)13-19)24(31)16-30(35(5,33)34)20-11-12-21(26)22(27)14-20/h8-14,18,23H,6-7,15-16H2,1-5H3,(H,28,32)/t18-,23-/m1/s1. The number of sulfonamides is 1. The van der Waals surface area contributed by atoms with Crippen molar-refractivity contribution in [3.8, 4) is 0 Å². The molecule has 0 aliphatic rings. The lowest BCUT2D eigenvalue weighted by Gasteiger charge is -2.33. The van der Waals surface area contributed by atoms with E-state index in [1.54, 1.807) is 0 Å². The monoisotopic (exact) mass is 541 g/mol. The van der Waals surface area contributed by atoms with Gasteiger partial charge in [-0.25, -0.2) is 8.42 Å². The van der Waals surface area contributed by atoms with E-state index in [1.807, 2.05) is 52.0 Å². The maximum atomic E-state index is 13.7. The van der Waals surface area contributed by atoms with E-state index in [1.165, 1.54) is 23.1 Å². The number of carbonyl (C=O) groups is 2. The summed E-state index contributed by atoms with van der Waals surface area (Å²) in [6.07, 6.45) is 2.12. The minimum atomic E-state index is -3.85. The predicted octanol–water partition coefficient (Wildman–Crippen LogP) is 4.79. The fourth-order valence-electron chi connectivity index (χ4n) is 3.62. The Morgan fingerprint density at radius 3 is 2.26 bits per heavy atom. The van der Waals surface area contributed by atoms with Crippen molar-refractivity contribution in [1.29, 1.82) is 0 Å². The molecule has 2 aromatic carbocycles. The highest BCUT2D eigenvalue weighted by Crippen LogP contribution is 2.28. The summed E-state index contributed by atoms with van der Waals surface area (Å²) >= 11 is 12.1. The number of aryl methyl sites for hydroxylation is 1. The first-order valence-electron chi connectivity index (χ1n) is 11.5. The molecule has 0 saturated heterocycles. The molecule has 2 atom stereocenters. The highest BCUT2D eigenvalue weighted by Gasteiger charge is 2.32.